The number of amides is 1. The van der Waals surface area contributed by atoms with Crippen LogP contribution in [0, 0.1) is 0 Å². The highest BCUT2D eigenvalue weighted by Gasteiger charge is 2.26. The number of esters is 1. The molecule has 0 radical (unpaired) electrons. The van der Waals surface area contributed by atoms with Crippen LogP contribution in [0.4, 0.5) is 0 Å². The van der Waals surface area contributed by atoms with Crippen molar-refractivity contribution < 1.29 is 14.3 Å². The second-order valence-electron chi connectivity index (χ2n) is 8.50. The Morgan fingerprint density at radius 2 is 1.73 bits per heavy atom. The Kier molecular flexibility index (Phi) is 6.64. The molecule has 1 saturated heterocycles. The van der Waals surface area contributed by atoms with Crippen LogP contribution in [0.5, 0.6) is 5.75 Å². The number of hydrazine groups is 1. The molecule has 0 spiro atoms. The molecule has 3 N–H and O–H groups in total. The zero-order valence-corrected chi connectivity index (χ0v) is 17.7. The lowest BCUT2D eigenvalue weighted by Crippen LogP contribution is -2.41. The molecular formula is C23H28N4O3. The van der Waals surface area contributed by atoms with E-state index in [9.17, 15) is 9.59 Å². The molecule has 0 aliphatic carbocycles. The first-order valence-corrected chi connectivity index (χ1v) is 9.99. The van der Waals surface area contributed by atoms with Crippen molar-refractivity contribution in [3.05, 3.63) is 65.2 Å². The van der Waals surface area contributed by atoms with Gasteiger partial charge in [-0.25, -0.2) is 15.6 Å². The van der Waals surface area contributed by atoms with Crippen molar-refractivity contribution >= 4 is 18.1 Å². The maximum Gasteiger partial charge on any atom is 0.343 e. The van der Waals surface area contributed by atoms with Gasteiger partial charge in [0.15, 0.2) is 0 Å². The molecule has 2 aromatic carbocycles. The zero-order valence-electron chi connectivity index (χ0n) is 17.7. The highest BCUT2D eigenvalue weighted by molar-refractivity contribution is 5.91. The van der Waals surface area contributed by atoms with E-state index in [1.165, 1.54) is 0 Å². The Hall–Kier alpha value is -3.03. The first-order chi connectivity index (χ1) is 14.2. The highest BCUT2D eigenvalue weighted by Crippen LogP contribution is 2.22. The van der Waals surface area contributed by atoms with E-state index in [0.29, 0.717) is 17.7 Å². The molecule has 2 atom stereocenters. The summed E-state index contributed by atoms with van der Waals surface area (Å²) in [6, 6.07) is 14.3. The van der Waals surface area contributed by atoms with Gasteiger partial charge in [0.2, 0.25) is 0 Å². The van der Waals surface area contributed by atoms with Crippen LogP contribution in [-0.4, -0.2) is 30.2 Å². The Bertz CT molecular complexity index is 915. The molecule has 30 heavy (non-hydrogen) atoms. The summed E-state index contributed by atoms with van der Waals surface area (Å²) in [5.41, 5.74) is 10.9. The average molecular weight is 409 g/mol. The summed E-state index contributed by atoms with van der Waals surface area (Å²) in [5.74, 6) is -0.154. The number of nitrogens with zero attached hydrogens (tertiary/aromatic N) is 1. The van der Waals surface area contributed by atoms with E-state index in [1.807, 2.05) is 19.1 Å². The van der Waals surface area contributed by atoms with Crippen molar-refractivity contribution in [3.8, 4) is 5.75 Å². The highest BCUT2D eigenvalue weighted by atomic mass is 16.5. The predicted octanol–water partition coefficient (Wildman–Crippen LogP) is 2.91. The Morgan fingerprint density at radius 1 is 1.07 bits per heavy atom. The molecule has 1 fully saturated rings. The monoisotopic (exact) mass is 408 g/mol. The number of carbonyl (C=O) groups is 2. The normalized spacial score (nSPS) is 19.1. The fraction of sp³-hybridized carbons (Fsp3) is 0.348. The SMILES string of the molecule is CC1CC(C(=O)N/N=C/c2ccc(OC(=O)c3ccc(C(C)(C)C)cc3)cc2)NN1. The average Bonchev–Trinajstić information content (AvgIpc) is 3.15. The third-order valence-corrected chi connectivity index (χ3v) is 4.88. The van der Waals surface area contributed by atoms with Crippen molar-refractivity contribution in [2.75, 3.05) is 0 Å². The summed E-state index contributed by atoms with van der Waals surface area (Å²) in [6.45, 7) is 8.37. The molecule has 7 heteroatoms. The fourth-order valence-corrected chi connectivity index (χ4v) is 3.03. The van der Waals surface area contributed by atoms with Gasteiger partial charge in [0.25, 0.3) is 5.91 Å². The zero-order chi connectivity index (χ0) is 21.7. The van der Waals surface area contributed by atoms with Crippen LogP contribution in [0.25, 0.3) is 0 Å². The van der Waals surface area contributed by atoms with E-state index >= 15 is 0 Å². The van der Waals surface area contributed by atoms with Crippen molar-refractivity contribution in [3.63, 3.8) is 0 Å². The maximum atomic E-state index is 12.3. The molecule has 0 aromatic heterocycles. The Morgan fingerprint density at radius 3 is 2.30 bits per heavy atom. The molecule has 0 bridgehead atoms. The third kappa shape index (κ3) is 5.75. The van der Waals surface area contributed by atoms with Crippen LogP contribution in [-0.2, 0) is 10.2 Å². The lowest BCUT2D eigenvalue weighted by atomic mass is 9.87. The van der Waals surface area contributed by atoms with Crippen LogP contribution >= 0.6 is 0 Å². The molecule has 3 rings (SSSR count). The van der Waals surface area contributed by atoms with E-state index < -0.39 is 5.97 Å². The lowest BCUT2D eigenvalue weighted by Gasteiger charge is -2.18. The van der Waals surface area contributed by atoms with Gasteiger partial charge < -0.3 is 4.74 Å². The Labute approximate surface area is 176 Å². The predicted molar refractivity (Wildman–Crippen MR) is 116 cm³/mol. The van der Waals surface area contributed by atoms with E-state index in [1.54, 1.807) is 42.6 Å². The number of hydrogen-bond donors (Lipinski definition) is 3. The molecule has 1 heterocycles. The smallest absolute Gasteiger partial charge is 0.343 e. The van der Waals surface area contributed by atoms with Gasteiger partial charge in [-0.15, -0.1) is 0 Å². The minimum atomic E-state index is -0.406. The quantitative estimate of drug-likeness (QED) is 0.306. The first kappa shape index (κ1) is 21.7. The summed E-state index contributed by atoms with van der Waals surface area (Å²) in [7, 11) is 0. The second kappa shape index (κ2) is 9.19. The summed E-state index contributed by atoms with van der Waals surface area (Å²) >= 11 is 0. The maximum absolute atomic E-state index is 12.3. The van der Waals surface area contributed by atoms with Gasteiger partial charge in [-0.1, -0.05) is 32.9 Å². The van der Waals surface area contributed by atoms with Crippen LogP contribution < -0.4 is 21.0 Å². The molecule has 2 aromatic rings. The summed E-state index contributed by atoms with van der Waals surface area (Å²) in [6.07, 6.45) is 2.25. The van der Waals surface area contributed by atoms with Crippen molar-refractivity contribution in [1.82, 2.24) is 16.3 Å². The lowest BCUT2D eigenvalue weighted by molar-refractivity contribution is -0.122. The fourth-order valence-electron chi connectivity index (χ4n) is 3.03. The van der Waals surface area contributed by atoms with Crippen LogP contribution in [0.15, 0.2) is 53.6 Å². The first-order valence-electron chi connectivity index (χ1n) is 9.99. The number of hydrazone groups is 1. The van der Waals surface area contributed by atoms with Gasteiger partial charge in [0.05, 0.1) is 11.8 Å². The molecule has 1 aliphatic heterocycles. The molecular weight excluding hydrogens is 380 g/mol. The van der Waals surface area contributed by atoms with Crippen molar-refractivity contribution in [2.45, 2.75) is 51.6 Å². The second-order valence-corrected chi connectivity index (χ2v) is 8.50. The van der Waals surface area contributed by atoms with Crippen LogP contribution in [0.3, 0.4) is 0 Å². The van der Waals surface area contributed by atoms with Gasteiger partial charge >= 0.3 is 5.97 Å². The largest absolute Gasteiger partial charge is 0.423 e. The molecule has 158 valence electrons. The number of carbonyl (C=O) groups excluding carboxylic acids is 2. The number of rotatable bonds is 5. The van der Waals surface area contributed by atoms with Crippen LogP contribution in [0.1, 0.15) is 55.6 Å². The molecule has 7 nitrogen and oxygen atoms in total. The summed E-state index contributed by atoms with van der Waals surface area (Å²) in [5, 5.41) is 3.98. The van der Waals surface area contributed by atoms with E-state index in [-0.39, 0.29) is 23.4 Å². The number of ether oxygens (including phenoxy) is 1. The van der Waals surface area contributed by atoms with Crippen molar-refractivity contribution in [2.24, 2.45) is 5.10 Å². The third-order valence-electron chi connectivity index (χ3n) is 4.88. The van der Waals surface area contributed by atoms with Crippen LogP contribution in [0.2, 0.25) is 0 Å². The minimum absolute atomic E-state index is 0.0300. The number of hydrogen-bond acceptors (Lipinski definition) is 6. The summed E-state index contributed by atoms with van der Waals surface area (Å²) in [4.78, 5) is 24.3. The van der Waals surface area contributed by atoms with Gasteiger partial charge in [-0.2, -0.15) is 5.10 Å². The van der Waals surface area contributed by atoms with E-state index in [2.05, 4.69) is 42.1 Å². The molecule has 1 amide bonds. The molecule has 0 saturated carbocycles. The standard InChI is InChI=1S/C23H28N4O3/c1-15-13-20(26-25-15)21(28)27-24-14-16-5-11-19(12-6-16)30-22(29)17-7-9-18(10-8-17)23(2,3)4/h5-12,14-15,20,25-26H,13H2,1-4H3,(H,27,28)/b24-14+. The molecule has 1 aliphatic rings. The summed E-state index contributed by atoms with van der Waals surface area (Å²) < 4.78 is 5.43. The number of benzene rings is 2. The molecule has 2 unspecified atom stereocenters. The Balaban J connectivity index is 1.52. The van der Waals surface area contributed by atoms with Crippen molar-refractivity contribution in [1.29, 1.82) is 0 Å². The van der Waals surface area contributed by atoms with Gasteiger partial charge in [-0.05, 0) is 66.3 Å². The van der Waals surface area contributed by atoms with Gasteiger partial charge in [0, 0.05) is 6.04 Å². The minimum Gasteiger partial charge on any atom is -0.423 e. The van der Waals surface area contributed by atoms with E-state index in [4.69, 9.17) is 4.74 Å². The van der Waals surface area contributed by atoms with Gasteiger partial charge in [-0.3, -0.25) is 10.2 Å². The van der Waals surface area contributed by atoms with Gasteiger partial charge in [0.1, 0.15) is 11.8 Å². The van der Waals surface area contributed by atoms with E-state index in [0.717, 1.165) is 11.1 Å². The topological polar surface area (TPSA) is 91.8 Å². The number of nitrogens with one attached hydrogen (secondary N) is 3.